The number of methoxy groups -OCH3 is 1. The van der Waals surface area contributed by atoms with Crippen LogP contribution in [0.2, 0.25) is 0 Å². The highest BCUT2D eigenvalue weighted by atomic mass is 16.5. The SMILES string of the molecule is COCCNC(=O)N1c2ccccc2C=Cc2ccccc21. The van der Waals surface area contributed by atoms with Gasteiger partial charge in [0.15, 0.2) is 0 Å². The molecule has 0 saturated heterocycles. The number of nitrogens with one attached hydrogen (secondary N) is 1. The summed E-state index contributed by atoms with van der Waals surface area (Å²) in [5.41, 5.74) is 3.78. The van der Waals surface area contributed by atoms with Crippen LogP contribution in [0.3, 0.4) is 0 Å². The Balaban J connectivity index is 2.03. The van der Waals surface area contributed by atoms with Crippen LogP contribution in [0, 0.1) is 0 Å². The van der Waals surface area contributed by atoms with Gasteiger partial charge in [0.25, 0.3) is 0 Å². The molecule has 0 unspecified atom stereocenters. The third-order valence-corrected chi connectivity index (χ3v) is 3.58. The van der Waals surface area contributed by atoms with Crippen LogP contribution in [0.5, 0.6) is 0 Å². The number of ether oxygens (including phenoxy) is 1. The number of urea groups is 1. The fraction of sp³-hybridized carbons (Fsp3) is 0.167. The second-order valence-electron chi connectivity index (χ2n) is 5.01. The van der Waals surface area contributed by atoms with Crippen molar-refractivity contribution in [2.75, 3.05) is 25.2 Å². The molecule has 1 aliphatic heterocycles. The van der Waals surface area contributed by atoms with E-state index in [0.29, 0.717) is 13.2 Å². The second kappa shape index (κ2) is 6.45. The summed E-state index contributed by atoms with van der Waals surface area (Å²) in [4.78, 5) is 14.4. The minimum atomic E-state index is -0.152. The van der Waals surface area contributed by atoms with Crippen molar-refractivity contribution in [2.45, 2.75) is 0 Å². The average Bonchev–Trinajstić information content (AvgIpc) is 2.72. The number of benzene rings is 2. The van der Waals surface area contributed by atoms with Gasteiger partial charge in [0.1, 0.15) is 0 Å². The van der Waals surface area contributed by atoms with Crippen molar-refractivity contribution in [1.82, 2.24) is 5.32 Å². The molecule has 4 heteroatoms. The van der Waals surface area contributed by atoms with E-state index < -0.39 is 0 Å². The first kappa shape index (κ1) is 14.4. The lowest BCUT2D eigenvalue weighted by Crippen LogP contribution is -2.38. The Kier molecular flexibility index (Phi) is 4.21. The molecule has 112 valence electrons. The molecule has 2 amide bonds. The van der Waals surface area contributed by atoms with Crippen molar-refractivity contribution in [3.05, 3.63) is 59.7 Å². The fourth-order valence-electron chi connectivity index (χ4n) is 2.53. The molecule has 0 saturated carbocycles. The van der Waals surface area contributed by atoms with Crippen LogP contribution in [-0.2, 0) is 4.74 Å². The van der Waals surface area contributed by atoms with E-state index in [1.807, 2.05) is 60.7 Å². The van der Waals surface area contributed by atoms with Crippen molar-refractivity contribution in [2.24, 2.45) is 0 Å². The molecule has 0 atom stereocenters. The Morgan fingerprint density at radius 1 is 1.00 bits per heavy atom. The van der Waals surface area contributed by atoms with E-state index in [1.54, 1.807) is 12.0 Å². The Labute approximate surface area is 130 Å². The highest BCUT2D eigenvalue weighted by Gasteiger charge is 2.23. The lowest BCUT2D eigenvalue weighted by molar-refractivity contribution is 0.197. The smallest absolute Gasteiger partial charge is 0.326 e. The zero-order valence-electron chi connectivity index (χ0n) is 12.5. The predicted octanol–water partition coefficient (Wildman–Crippen LogP) is 3.66. The van der Waals surface area contributed by atoms with E-state index in [4.69, 9.17) is 4.74 Å². The summed E-state index contributed by atoms with van der Waals surface area (Å²) >= 11 is 0. The van der Waals surface area contributed by atoms with Gasteiger partial charge in [0.2, 0.25) is 0 Å². The molecule has 0 aromatic heterocycles. The van der Waals surface area contributed by atoms with E-state index in [1.165, 1.54) is 0 Å². The Hall–Kier alpha value is -2.59. The lowest BCUT2D eigenvalue weighted by atomic mass is 10.1. The quantitative estimate of drug-likeness (QED) is 0.878. The molecule has 3 rings (SSSR count). The molecular weight excluding hydrogens is 276 g/mol. The predicted molar refractivity (Wildman–Crippen MR) is 89.2 cm³/mol. The number of nitrogens with zero attached hydrogens (tertiary/aromatic N) is 1. The maximum Gasteiger partial charge on any atom is 0.326 e. The molecule has 4 nitrogen and oxygen atoms in total. The largest absolute Gasteiger partial charge is 0.383 e. The third kappa shape index (κ3) is 2.73. The first-order chi connectivity index (χ1) is 10.8. The van der Waals surface area contributed by atoms with Gasteiger partial charge in [-0.2, -0.15) is 0 Å². The van der Waals surface area contributed by atoms with Crippen molar-refractivity contribution < 1.29 is 9.53 Å². The van der Waals surface area contributed by atoms with Gasteiger partial charge in [-0.15, -0.1) is 0 Å². The maximum absolute atomic E-state index is 12.7. The summed E-state index contributed by atoms with van der Waals surface area (Å²) in [6.45, 7) is 0.963. The van der Waals surface area contributed by atoms with Gasteiger partial charge in [-0.25, -0.2) is 4.79 Å². The molecule has 0 fully saturated rings. The fourth-order valence-corrected chi connectivity index (χ4v) is 2.53. The summed E-state index contributed by atoms with van der Waals surface area (Å²) in [6.07, 6.45) is 4.08. The number of carbonyl (C=O) groups is 1. The molecule has 2 aromatic rings. The highest BCUT2D eigenvalue weighted by Crippen LogP contribution is 2.35. The molecule has 2 aromatic carbocycles. The van der Waals surface area contributed by atoms with Crippen LogP contribution in [0.15, 0.2) is 48.5 Å². The minimum Gasteiger partial charge on any atom is -0.383 e. The highest BCUT2D eigenvalue weighted by molar-refractivity contribution is 6.05. The van der Waals surface area contributed by atoms with Gasteiger partial charge >= 0.3 is 6.03 Å². The lowest BCUT2D eigenvalue weighted by Gasteiger charge is -2.25. The van der Waals surface area contributed by atoms with Crippen LogP contribution in [0.4, 0.5) is 16.2 Å². The van der Waals surface area contributed by atoms with Gasteiger partial charge in [0, 0.05) is 13.7 Å². The van der Waals surface area contributed by atoms with E-state index in [-0.39, 0.29) is 6.03 Å². The van der Waals surface area contributed by atoms with Gasteiger partial charge in [-0.05, 0) is 23.3 Å². The topological polar surface area (TPSA) is 41.6 Å². The van der Waals surface area contributed by atoms with Gasteiger partial charge in [-0.1, -0.05) is 48.6 Å². The first-order valence-corrected chi connectivity index (χ1v) is 7.24. The number of hydrogen-bond acceptors (Lipinski definition) is 2. The number of anilines is 2. The van der Waals surface area contributed by atoms with Crippen LogP contribution < -0.4 is 10.2 Å². The molecule has 0 bridgehead atoms. The first-order valence-electron chi connectivity index (χ1n) is 7.24. The van der Waals surface area contributed by atoms with Gasteiger partial charge in [0.05, 0.1) is 18.0 Å². The van der Waals surface area contributed by atoms with E-state index in [2.05, 4.69) is 5.32 Å². The normalized spacial score (nSPS) is 12.3. The average molecular weight is 294 g/mol. The molecule has 0 radical (unpaired) electrons. The summed E-state index contributed by atoms with van der Waals surface area (Å²) < 4.78 is 5.00. The van der Waals surface area contributed by atoms with Crippen molar-refractivity contribution >= 4 is 29.6 Å². The van der Waals surface area contributed by atoms with Gasteiger partial charge < -0.3 is 10.1 Å². The standard InChI is InChI=1S/C18H18N2O2/c1-22-13-12-19-18(21)20-16-8-4-2-6-14(16)10-11-15-7-3-5-9-17(15)20/h2-11H,12-13H2,1H3,(H,19,21). The zero-order chi connectivity index (χ0) is 15.4. The monoisotopic (exact) mass is 294 g/mol. The van der Waals surface area contributed by atoms with E-state index >= 15 is 0 Å². The molecule has 1 N–H and O–H groups in total. The summed E-state index contributed by atoms with van der Waals surface area (Å²) in [6, 6.07) is 15.6. The Bertz CT molecular complexity index is 660. The van der Waals surface area contributed by atoms with Crippen LogP contribution >= 0.6 is 0 Å². The number of para-hydroxylation sites is 2. The van der Waals surface area contributed by atoms with Crippen molar-refractivity contribution in [3.63, 3.8) is 0 Å². The number of fused-ring (bicyclic) bond motifs is 2. The molecule has 1 aliphatic rings. The summed E-state index contributed by atoms with van der Waals surface area (Å²) in [7, 11) is 1.62. The third-order valence-electron chi connectivity index (χ3n) is 3.58. The van der Waals surface area contributed by atoms with Crippen LogP contribution in [0.25, 0.3) is 12.2 Å². The maximum atomic E-state index is 12.7. The molecule has 0 spiro atoms. The molecule has 1 heterocycles. The minimum absolute atomic E-state index is 0.152. The molecular formula is C18H18N2O2. The second-order valence-corrected chi connectivity index (χ2v) is 5.01. The molecule has 0 aliphatic carbocycles. The molecule has 22 heavy (non-hydrogen) atoms. The number of rotatable bonds is 3. The van der Waals surface area contributed by atoms with E-state index in [9.17, 15) is 4.79 Å². The Morgan fingerprint density at radius 3 is 2.09 bits per heavy atom. The van der Waals surface area contributed by atoms with Crippen molar-refractivity contribution in [1.29, 1.82) is 0 Å². The van der Waals surface area contributed by atoms with Crippen LogP contribution in [0.1, 0.15) is 11.1 Å². The van der Waals surface area contributed by atoms with Crippen molar-refractivity contribution in [3.8, 4) is 0 Å². The van der Waals surface area contributed by atoms with E-state index in [0.717, 1.165) is 22.5 Å². The van der Waals surface area contributed by atoms with Gasteiger partial charge in [-0.3, -0.25) is 4.90 Å². The van der Waals surface area contributed by atoms with Crippen LogP contribution in [-0.4, -0.2) is 26.3 Å². The zero-order valence-corrected chi connectivity index (χ0v) is 12.5. The number of amides is 2. The summed E-state index contributed by atoms with van der Waals surface area (Å²) in [5.74, 6) is 0. The summed E-state index contributed by atoms with van der Waals surface area (Å²) in [5, 5.41) is 2.90. The number of hydrogen-bond donors (Lipinski definition) is 1. The Morgan fingerprint density at radius 2 is 1.55 bits per heavy atom. The number of carbonyl (C=O) groups excluding carboxylic acids is 1.